The van der Waals surface area contributed by atoms with Crippen LogP contribution < -0.4 is 0 Å². The quantitative estimate of drug-likeness (QED) is 0.348. The van der Waals surface area contributed by atoms with E-state index in [-0.39, 0.29) is 12.2 Å². The van der Waals surface area contributed by atoms with Crippen molar-refractivity contribution in [1.29, 1.82) is 0 Å². The molecule has 0 aromatic carbocycles. The molecule has 0 aliphatic carbocycles. The van der Waals surface area contributed by atoms with Gasteiger partial charge in [0.05, 0.1) is 6.10 Å². The molecule has 0 amide bonds. The van der Waals surface area contributed by atoms with Crippen LogP contribution in [-0.4, -0.2) is 28.1 Å². The number of aliphatic hydroxyl groups excluding tert-OH is 1. The Labute approximate surface area is 176 Å². The van der Waals surface area contributed by atoms with Crippen LogP contribution in [0, 0.1) is 5.92 Å². The first-order chi connectivity index (χ1) is 13.4. The highest BCUT2D eigenvalue weighted by Gasteiger charge is 2.45. The lowest BCUT2D eigenvalue weighted by molar-refractivity contribution is -0.155. The van der Waals surface area contributed by atoms with E-state index >= 15 is 0 Å². The number of rotatable bonds is 14. The van der Waals surface area contributed by atoms with Gasteiger partial charge in [-0.2, -0.15) is 0 Å². The fraction of sp³-hybridized carbons (Fsp3) is 0.870. The van der Waals surface area contributed by atoms with Crippen LogP contribution in [0.2, 0.25) is 0 Å². The minimum atomic E-state index is -0.706. The fourth-order valence-electron chi connectivity index (χ4n) is 4.01. The summed E-state index contributed by atoms with van der Waals surface area (Å²) in [5.41, 5.74) is 0. The average molecular weight is 412 g/mol. The molecule has 0 spiro atoms. The molecular weight excluding hydrogens is 370 g/mol. The predicted molar refractivity (Wildman–Crippen MR) is 117 cm³/mol. The molecule has 1 saturated heterocycles. The van der Waals surface area contributed by atoms with Gasteiger partial charge in [-0.1, -0.05) is 78.1 Å². The van der Waals surface area contributed by atoms with E-state index in [1.165, 1.54) is 69.1 Å². The van der Waals surface area contributed by atoms with E-state index in [9.17, 15) is 5.11 Å². The van der Waals surface area contributed by atoms with Crippen molar-refractivity contribution in [3.63, 3.8) is 0 Å². The van der Waals surface area contributed by atoms with Gasteiger partial charge in [-0.05, 0) is 26.2 Å². The summed E-state index contributed by atoms with van der Waals surface area (Å²) < 4.78 is 12.1. The predicted octanol–water partition coefficient (Wildman–Crippen LogP) is 6.64. The van der Waals surface area contributed by atoms with Gasteiger partial charge in [0.15, 0.2) is 5.79 Å². The highest BCUT2D eigenvalue weighted by atomic mass is 32.1. The summed E-state index contributed by atoms with van der Waals surface area (Å²) in [7, 11) is 0. The summed E-state index contributed by atoms with van der Waals surface area (Å²) in [6.07, 6.45) is 14.9. The zero-order chi connectivity index (χ0) is 20.4. The summed E-state index contributed by atoms with van der Waals surface area (Å²) in [5, 5.41) is 13.2. The molecule has 4 nitrogen and oxygen atoms in total. The third kappa shape index (κ3) is 8.48. The standard InChI is InChI=1S/C23H41NO3S/c1-18(2)14-12-10-8-6-5-7-9-11-13-15-19-21(27-23(3,4)26-19)20(25)22-24-16-17-28-22/h16-21,25H,5-15H2,1-4H3/t19-,20+,21-/m1/s1. The maximum atomic E-state index is 10.6. The molecule has 0 bridgehead atoms. The first kappa shape index (κ1) is 23.8. The van der Waals surface area contributed by atoms with Gasteiger partial charge in [-0.15, -0.1) is 11.3 Å². The van der Waals surface area contributed by atoms with Crippen molar-refractivity contribution in [2.45, 2.75) is 122 Å². The zero-order valence-corrected chi connectivity index (χ0v) is 19.2. The van der Waals surface area contributed by atoms with Crippen LogP contribution in [0.25, 0.3) is 0 Å². The van der Waals surface area contributed by atoms with E-state index < -0.39 is 11.9 Å². The lowest BCUT2D eigenvalue weighted by atomic mass is 10.0. The summed E-state index contributed by atoms with van der Waals surface area (Å²) in [4.78, 5) is 4.24. The molecule has 3 atom stereocenters. The fourth-order valence-corrected chi connectivity index (χ4v) is 4.67. The summed E-state index contributed by atoms with van der Waals surface area (Å²) >= 11 is 1.47. The second kappa shape index (κ2) is 12.3. The second-order valence-corrected chi connectivity index (χ2v) is 10.0. The summed E-state index contributed by atoms with van der Waals surface area (Å²) in [6.45, 7) is 8.48. The molecule has 0 unspecified atom stereocenters. The molecule has 1 aliphatic heterocycles. The summed E-state index contributed by atoms with van der Waals surface area (Å²) in [5.74, 6) is 0.213. The van der Waals surface area contributed by atoms with Gasteiger partial charge < -0.3 is 14.6 Å². The molecule has 0 radical (unpaired) electrons. The Morgan fingerprint density at radius 1 is 1.00 bits per heavy atom. The highest BCUT2D eigenvalue weighted by Crippen LogP contribution is 2.37. The van der Waals surface area contributed by atoms with E-state index in [2.05, 4.69) is 18.8 Å². The van der Waals surface area contributed by atoms with Gasteiger partial charge in [0.1, 0.15) is 17.2 Å². The molecule has 2 rings (SSSR count). The summed E-state index contributed by atoms with van der Waals surface area (Å²) in [6, 6.07) is 0. The molecule has 162 valence electrons. The largest absolute Gasteiger partial charge is 0.383 e. The maximum Gasteiger partial charge on any atom is 0.163 e. The number of thiazole rings is 1. The van der Waals surface area contributed by atoms with Crippen LogP contribution in [-0.2, 0) is 9.47 Å². The third-order valence-corrected chi connectivity index (χ3v) is 6.35. The van der Waals surface area contributed by atoms with Gasteiger partial charge in [0.25, 0.3) is 0 Å². The van der Waals surface area contributed by atoms with Crippen LogP contribution in [0.15, 0.2) is 11.6 Å². The number of aromatic nitrogens is 1. The Morgan fingerprint density at radius 3 is 2.18 bits per heavy atom. The van der Waals surface area contributed by atoms with Gasteiger partial charge in [0.2, 0.25) is 0 Å². The van der Waals surface area contributed by atoms with Crippen LogP contribution in [0.4, 0.5) is 0 Å². The molecule has 0 saturated carbocycles. The van der Waals surface area contributed by atoms with Crippen molar-refractivity contribution in [2.75, 3.05) is 0 Å². The maximum absolute atomic E-state index is 10.6. The van der Waals surface area contributed by atoms with Crippen molar-refractivity contribution >= 4 is 11.3 Å². The molecule has 5 heteroatoms. The van der Waals surface area contributed by atoms with Gasteiger partial charge in [-0.25, -0.2) is 4.98 Å². The highest BCUT2D eigenvalue weighted by molar-refractivity contribution is 7.09. The Morgan fingerprint density at radius 2 is 1.61 bits per heavy atom. The van der Waals surface area contributed by atoms with Crippen molar-refractivity contribution in [1.82, 2.24) is 4.98 Å². The molecule has 1 aromatic heterocycles. The minimum Gasteiger partial charge on any atom is -0.383 e. The topological polar surface area (TPSA) is 51.6 Å². The minimum absolute atomic E-state index is 0.0603. The number of hydrogen-bond donors (Lipinski definition) is 1. The Hall–Kier alpha value is -0.490. The SMILES string of the molecule is CC(C)CCCCCCCCCCC[C@H]1OC(C)(C)O[C@H]1[C@H](O)c1nccs1. The number of hydrogen-bond acceptors (Lipinski definition) is 5. The van der Waals surface area contributed by atoms with E-state index in [0.717, 1.165) is 18.8 Å². The lowest BCUT2D eigenvalue weighted by Crippen LogP contribution is -2.29. The zero-order valence-electron chi connectivity index (χ0n) is 18.4. The molecule has 1 aliphatic rings. The number of aliphatic hydroxyl groups is 1. The van der Waals surface area contributed by atoms with E-state index in [4.69, 9.17) is 9.47 Å². The van der Waals surface area contributed by atoms with Crippen molar-refractivity contribution in [3.05, 3.63) is 16.6 Å². The first-order valence-electron chi connectivity index (χ1n) is 11.3. The van der Waals surface area contributed by atoms with Crippen LogP contribution in [0.3, 0.4) is 0 Å². The van der Waals surface area contributed by atoms with E-state index in [1.807, 2.05) is 19.2 Å². The van der Waals surface area contributed by atoms with E-state index in [0.29, 0.717) is 5.01 Å². The Bertz CT molecular complexity index is 518. The second-order valence-electron chi connectivity index (χ2n) is 9.11. The number of nitrogens with zero attached hydrogens (tertiary/aromatic N) is 1. The van der Waals surface area contributed by atoms with Crippen molar-refractivity contribution < 1.29 is 14.6 Å². The normalized spacial score (nSPS) is 22.8. The van der Waals surface area contributed by atoms with Crippen LogP contribution >= 0.6 is 11.3 Å². The monoisotopic (exact) mass is 411 g/mol. The van der Waals surface area contributed by atoms with Crippen LogP contribution in [0.5, 0.6) is 0 Å². The smallest absolute Gasteiger partial charge is 0.163 e. The molecular formula is C23H41NO3S. The Kier molecular flexibility index (Phi) is 10.4. The third-order valence-electron chi connectivity index (χ3n) is 5.51. The molecule has 1 fully saturated rings. The van der Waals surface area contributed by atoms with Gasteiger partial charge in [0, 0.05) is 11.6 Å². The molecule has 28 heavy (non-hydrogen) atoms. The van der Waals surface area contributed by atoms with E-state index in [1.54, 1.807) is 6.20 Å². The number of ether oxygens (including phenoxy) is 2. The molecule has 2 heterocycles. The molecule has 1 aromatic rings. The lowest BCUT2D eigenvalue weighted by Gasteiger charge is -2.21. The van der Waals surface area contributed by atoms with Crippen molar-refractivity contribution in [3.8, 4) is 0 Å². The first-order valence-corrected chi connectivity index (χ1v) is 12.2. The van der Waals surface area contributed by atoms with Gasteiger partial charge >= 0.3 is 0 Å². The van der Waals surface area contributed by atoms with Gasteiger partial charge in [-0.3, -0.25) is 0 Å². The molecule has 1 N–H and O–H groups in total. The van der Waals surface area contributed by atoms with Crippen molar-refractivity contribution in [2.24, 2.45) is 5.92 Å². The average Bonchev–Trinajstić information content (AvgIpc) is 3.26. The van der Waals surface area contributed by atoms with Crippen LogP contribution in [0.1, 0.15) is 109 Å². The Balaban J connectivity index is 1.57. The number of unbranched alkanes of at least 4 members (excludes halogenated alkanes) is 8.